The molecule has 28 aliphatic heterocycles. The summed E-state index contributed by atoms with van der Waals surface area (Å²) in [6, 6.07) is 0. The summed E-state index contributed by atoms with van der Waals surface area (Å²) in [5.41, 5.74) is 0. The zero-order chi connectivity index (χ0) is 77.8. The Kier molecular flexibility index (Phi) is 30.0. The quantitative estimate of drug-likeness (QED) is 0.0768. The van der Waals surface area contributed by atoms with E-state index >= 15 is 0 Å². The van der Waals surface area contributed by atoms with Crippen LogP contribution in [0.4, 0.5) is 0 Å². The smallest absolute Gasteiger partial charge is 0.187 e. The maximum Gasteiger partial charge on any atom is 0.187 e. The zero-order valence-corrected chi connectivity index (χ0v) is 62.9. The molecule has 0 amide bonds. The van der Waals surface area contributed by atoms with Crippen LogP contribution < -0.4 is 0 Å². The van der Waals surface area contributed by atoms with Gasteiger partial charge in [-0.1, -0.05) is 0 Å². The topological polar surface area (TPSA) is 500 Å². The van der Waals surface area contributed by atoms with Crippen LogP contribution >= 0.6 is 0 Å². The number of rotatable bonds is 14. The molecule has 28 fully saturated rings. The molecule has 0 aromatic rings. The molecule has 0 unspecified atom stereocenters. The number of hydrogen-bond acceptors (Lipinski definition) is 42. The van der Waals surface area contributed by atoms with Gasteiger partial charge in [0, 0.05) is 137 Å². The molecule has 28 heterocycles. The summed E-state index contributed by atoms with van der Waals surface area (Å²) in [6.07, 6.45) is -60.4. The lowest BCUT2D eigenvalue weighted by Crippen LogP contribution is -2.69. The van der Waals surface area contributed by atoms with Gasteiger partial charge >= 0.3 is 0 Å². The number of hydrogen-bond donors (Lipinski definition) is 14. The van der Waals surface area contributed by atoms with E-state index in [-0.39, 0.29) is 45.8 Å². The van der Waals surface area contributed by atoms with Crippen LogP contribution in [0.3, 0.4) is 0 Å². The molecule has 0 saturated carbocycles. The molecule has 14 N–H and O–H groups in total. The van der Waals surface area contributed by atoms with Crippen molar-refractivity contribution in [2.45, 2.75) is 215 Å². The Labute approximate surface area is 648 Å². The van der Waals surface area contributed by atoms with Crippen LogP contribution in [-0.2, 0) is 99.5 Å². The van der Waals surface area contributed by atoms with Crippen molar-refractivity contribution < 1.29 is 171 Å². The van der Waals surface area contributed by atoms with Crippen LogP contribution in [-0.4, -0.2) is 551 Å². The predicted molar refractivity (Wildman–Crippen MR) is 370 cm³/mol. The summed E-state index contributed by atoms with van der Waals surface area (Å²) in [6.45, 7) is 9.75. The molecule has 0 aliphatic carbocycles. The van der Waals surface area contributed by atoms with Crippen LogP contribution in [0.15, 0.2) is 0 Å². The fraction of sp³-hybridized carbons (Fsp3) is 1.00. The molecule has 42 heteroatoms. The van der Waals surface area contributed by atoms with Crippen molar-refractivity contribution in [3.63, 3.8) is 0 Å². The van der Waals surface area contributed by atoms with E-state index in [1.807, 2.05) is 34.3 Å². The summed E-state index contributed by atoms with van der Waals surface area (Å²) in [5.74, 6) is 0. The first kappa shape index (κ1) is 85.3. The lowest BCUT2D eigenvalue weighted by molar-refractivity contribution is -0.394. The predicted octanol–water partition coefficient (Wildman–Crippen LogP) is -12.9. The second-order valence-electron chi connectivity index (χ2n) is 31.8. The van der Waals surface area contributed by atoms with Gasteiger partial charge in [0.05, 0.1) is 92.5 Å². The fourth-order valence-electron chi connectivity index (χ4n) is 17.7. The highest BCUT2D eigenvalue weighted by atomic mass is 16.8. The Morgan fingerprint density at radius 3 is 0.366 bits per heavy atom. The van der Waals surface area contributed by atoms with Crippen molar-refractivity contribution in [1.82, 2.24) is 34.3 Å². The normalized spacial score (nSPS) is 48.8. The third-order valence-corrected chi connectivity index (χ3v) is 24.3. The third-order valence-electron chi connectivity index (χ3n) is 24.3. The number of aliphatic hydroxyl groups excluding tert-OH is 14. The van der Waals surface area contributed by atoms with Gasteiger partial charge in [-0.25, -0.2) is 0 Å². The summed E-state index contributed by atoms with van der Waals surface area (Å²) in [5, 5.41) is 175. The highest BCUT2D eigenvalue weighted by Crippen LogP contribution is 2.41. The number of aliphatic hydroxyl groups is 14. The SMILES string of the molecule is O[C@@H]1[C@@H](O)[C@H]2O[C@H]3[C@H](O)[C@@H](O)[C@@H](O[C@H]4[C@H](O)[C@@H](O)[C@@H](O[C@H]5[C@H](O)[C@@H](O)[C@@H](O[C@H]6[C@H](O)[C@@H](O)[C@@H](O[C@H]7[C@H](O)[C@@H](O)[C@@H](O[C@H]8[C@H](O)[C@@H](O)[C@@H](O[C@@H]1[C@@H](CN1CCOCC1)O2)O[C@@H]8CN1CCOCC1)O[C@@H]7CN1CCOCC1)O[C@@H]6CN1CCOCC1)O[C@@H]5CN1CCOCC1)O[C@@H]4CN1CCOCC1)O[C@@H]3CN1CCOCC1. The molecule has 42 nitrogen and oxygen atoms in total. The standard InChI is InChI=1S/C70H119N7O35/c78-43-50(85)64-99-36(29-71-1-15-92-16-2-71)57(43)106-65-51(86)44(79)59(38(100-65)31-73-5-19-94-20-6-73)108-67-53(88)46(81)61(40(102-67)33-75-9-23-96-24-10-75)110-69-55(90)48(83)63(42(104-69)35-77-13-27-98-28-14-77)112-70-56(91)49(84)62(41(105-70)34-76-11-25-97-26-12-76)111-68-54(89)47(82)60(39(103-68)32-74-7-21-95-22-8-74)109-66-52(87)45(80)58(107-64)37(101-66)30-72-3-17-93-18-4-72/h36-70,78-91H,1-35H2/t36-,37-,38-,39-,40-,41-,42-,43-,44-,45-,46-,47-,48-,49-,50-,51-,52-,53-,54-,55-,56-,57-,58-,59-,60-,61-,62-,63-,64-,65-,66-,67-,68-,69-,70-/m1/s1. The van der Waals surface area contributed by atoms with Crippen molar-refractivity contribution in [2.24, 2.45) is 0 Å². The maximum absolute atomic E-state index is 12.6. The van der Waals surface area contributed by atoms with Crippen LogP contribution in [0.1, 0.15) is 0 Å². The van der Waals surface area contributed by atoms with Gasteiger partial charge in [0.1, 0.15) is 171 Å². The van der Waals surface area contributed by atoms with E-state index in [0.717, 1.165) is 0 Å². The maximum atomic E-state index is 12.6. The van der Waals surface area contributed by atoms with Crippen LogP contribution in [0, 0.1) is 0 Å². The third kappa shape index (κ3) is 19.9. The van der Waals surface area contributed by atoms with E-state index < -0.39 is 215 Å². The van der Waals surface area contributed by atoms with Gasteiger partial charge in [-0.05, 0) is 0 Å². The van der Waals surface area contributed by atoms with Crippen molar-refractivity contribution in [2.75, 3.05) is 230 Å². The second-order valence-corrected chi connectivity index (χ2v) is 31.8. The highest BCUT2D eigenvalue weighted by Gasteiger charge is 2.61. The van der Waals surface area contributed by atoms with E-state index in [1.165, 1.54) is 0 Å². The largest absolute Gasteiger partial charge is 0.387 e. The van der Waals surface area contributed by atoms with E-state index in [9.17, 15) is 71.5 Å². The van der Waals surface area contributed by atoms with E-state index in [4.69, 9.17) is 99.5 Å². The monoisotopic (exact) mass is 1620 g/mol. The second kappa shape index (κ2) is 39.4. The first-order chi connectivity index (χ1) is 54.3. The summed E-state index contributed by atoms with van der Waals surface area (Å²) < 4.78 is 133. The molecular formula is C70H119N7O35. The molecular weight excluding hydrogens is 1500 g/mol. The Balaban J connectivity index is 0.784. The average molecular weight is 1620 g/mol. The number of nitrogens with zero attached hydrogens (tertiary/aromatic N) is 7. The first-order valence-electron chi connectivity index (χ1n) is 40.1. The van der Waals surface area contributed by atoms with Crippen LogP contribution in [0.2, 0.25) is 0 Å². The molecule has 14 bridgehead atoms. The van der Waals surface area contributed by atoms with Gasteiger partial charge in [-0.3, -0.25) is 34.3 Å². The summed E-state index contributed by atoms with van der Waals surface area (Å²) >= 11 is 0. The Morgan fingerprint density at radius 2 is 0.259 bits per heavy atom. The molecule has 0 spiro atoms. The molecule has 644 valence electrons. The molecule has 28 saturated heterocycles. The van der Waals surface area contributed by atoms with Crippen molar-refractivity contribution in [1.29, 1.82) is 0 Å². The minimum absolute atomic E-state index is 0.0149. The van der Waals surface area contributed by atoms with Crippen molar-refractivity contribution in [3.8, 4) is 0 Å². The molecule has 112 heavy (non-hydrogen) atoms. The first-order valence-corrected chi connectivity index (χ1v) is 40.1. The van der Waals surface area contributed by atoms with Gasteiger partial charge in [-0.2, -0.15) is 0 Å². The zero-order valence-electron chi connectivity index (χ0n) is 62.9. The van der Waals surface area contributed by atoms with Crippen molar-refractivity contribution >= 4 is 0 Å². The average Bonchev–Trinajstić information content (AvgIpc) is 0.774. The van der Waals surface area contributed by atoms with Crippen LogP contribution in [0.25, 0.3) is 0 Å². The fourth-order valence-corrected chi connectivity index (χ4v) is 17.7. The lowest BCUT2D eigenvalue weighted by atomic mass is 9.94. The molecule has 28 aliphatic rings. The number of morpholine rings is 7. The van der Waals surface area contributed by atoms with E-state index in [1.54, 1.807) is 0 Å². The minimum atomic E-state index is -2.02. The van der Waals surface area contributed by atoms with Gasteiger partial charge in [0.15, 0.2) is 44.0 Å². The van der Waals surface area contributed by atoms with Gasteiger partial charge < -0.3 is 171 Å². The minimum Gasteiger partial charge on any atom is -0.387 e. The van der Waals surface area contributed by atoms with Gasteiger partial charge in [-0.15, -0.1) is 0 Å². The highest BCUT2D eigenvalue weighted by molar-refractivity contribution is 5.04. The summed E-state index contributed by atoms with van der Waals surface area (Å²) in [4.78, 5) is 13.7. The molecule has 0 aromatic heterocycles. The Hall–Kier alpha value is -1.68. The lowest BCUT2D eigenvalue weighted by Gasteiger charge is -2.51. The number of ether oxygens (including phenoxy) is 21. The van der Waals surface area contributed by atoms with Gasteiger partial charge in [0.25, 0.3) is 0 Å². The van der Waals surface area contributed by atoms with E-state index in [2.05, 4.69) is 0 Å². The Bertz CT molecular complexity index is 2310. The van der Waals surface area contributed by atoms with Crippen molar-refractivity contribution in [3.05, 3.63) is 0 Å². The molecule has 0 radical (unpaired) electrons. The van der Waals surface area contributed by atoms with Gasteiger partial charge in [0.2, 0.25) is 0 Å². The molecule has 0 aromatic carbocycles. The molecule has 28 rings (SSSR count). The van der Waals surface area contributed by atoms with Crippen LogP contribution in [0.5, 0.6) is 0 Å². The molecule has 35 atom stereocenters. The van der Waals surface area contributed by atoms with E-state index in [0.29, 0.717) is 184 Å². The Morgan fingerprint density at radius 1 is 0.152 bits per heavy atom. The summed E-state index contributed by atoms with van der Waals surface area (Å²) in [7, 11) is 0.